The molecule has 1 saturated heterocycles. The standard InChI is InChI=1S/C27H35N5O3/c1-17-7-10-22(15-29-17)32(26(35)27(2,3)4)16-24(34)30-21-9-8-18-12-19-6-5-11-28-25(19)31-23(33)14-20(18)13-21/h5-6,8-9,11,13,17,22,29H,7,10,12,14-16H2,1-4H3,(H,30,34)(H,28,31,33)/t17-,22+/m1/s1. The molecule has 186 valence electrons. The molecule has 0 radical (unpaired) electrons. The minimum Gasteiger partial charge on any atom is -0.329 e. The van der Waals surface area contributed by atoms with Crippen LogP contribution in [0.4, 0.5) is 11.5 Å². The Morgan fingerprint density at radius 3 is 2.63 bits per heavy atom. The lowest BCUT2D eigenvalue weighted by Gasteiger charge is -2.39. The predicted molar refractivity (Wildman–Crippen MR) is 136 cm³/mol. The lowest BCUT2D eigenvalue weighted by molar-refractivity contribution is -0.144. The van der Waals surface area contributed by atoms with E-state index in [4.69, 9.17) is 0 Å². The van der Waals surface area contributed by atoms with Gasteiger partial charge >= 0.3 is 0 Å². The molecule has 3 N–H and O–H groups in total. The van der Waals surface area contributed by atoms with Crippen molar-refractivity contribution < 1.29 is 14.4 Å². The molecule has 2 aromatic rings. The second kappa shape index (κ2) is 10.2. The molecule has 35 heavy (non-hydrogen) atoms. The zero-order chi connectivity index (χ0) is 25.2. The van der Waals surface area contributed by atoms with Crippen molar-refractivity contribution in [2.45, 2.75) is 65.5 Å². The van der Waals surface area contributed by atoms with Crippen LogP contribution in [0.2, 0.25) is 0 Å². The van der Waals surface area contributed by atoms with E-state index in [1.807, 2.05) is 51.1 Å². The molecule has 8 nitrogen and oxygen atoms in total. The molecule has 2 aliphatic rings. The molecular formula is C27H35N5O3. The van der Waals surface area contributed by atoms with Crippen LogP contribution >= 0.6 is 0 Å². The van der Waals surface area contributed by atoms with Gasteiger partial charge in [0.2, 0.25) is 17.7 Å². The van der Waals surface area contributed by atoms with E-state index in [-0.39, 0.29) is 36.7 Å². The maximum atomic E-state index is 13.2. The Kier molecular flexibility index (Phi) is 7.21. The number of aromatic nitrogens is 1. The molecule has 4 rings (SSSR count). The van der Waals surface area contributed by atoms with Crippen molar-refractivity contribution in [1.29, 1.82) is 0 Å². The second-order valence-corrected chi connectivity index (χ2v) is 10.7. The molecule has 1 aromatic carbocycles. The number of carbonyl (C=O) groups is 3. The van der Waals surface area contributed by atoms with E-state index >= 15 is 0 Å². The quantitative estimate of drug-likeness (QED) is 0.628. The summed E-state index contributed by atoms with van der Waals surface area (Å²) in [5.74, 6) is 0.174. The van der Waals surface area contributed by atoms with E-state index in [9.17, 15) is 14.4 Å². The van der Waals surface area contributed by atoms with Gasteiger partial charge in [-0.1, -0.05) is 32.9 Å². The van der Waals surface area contributed by atoms with Crippen LogP contribution in [0.15, 0.2) is 36.5 Å². The fourth-order valence-corrected chi connectivity index (χ4v) is 4.69. The number of carbonyl (C=O) groups excluding carboxylic acids is 3. The average molecular weight is 478 g/mol. The van der Waals surface area contributed by atoms with Gasteiger partial charge in [-0.05, 0) is 54.7 Å². The topological polar surface area (TPSA) is 103 Å². The molecule has 8 heteroatoms. The number of nitrogens with zero attached hydrogens (tertiary/aromatic N) is 2. The largest absolute Gasteiger partial charge is 0.329 e. The van der Waals surface area contributed by atoms with Gasteiger partial charge in [-0.2, -0.15) is 0 Å². The van der Waals surface area contributed by atoms with Gasteiger partial charge in [0.25, 0.3) is 0 Å². The number of fused-ring (bicyclic) bond motifs is 2. The molecule has 2 atom stereocenters. The van der Waals surface area contributed by atoms with Crippen molar-refractivity contribution in [2.75, 3.05) is 23.7 Å². The first-order valence-corrected chi connectivity index (χ1v) is 12.3. The van der Waals surface area contributed by atoms with E-state index in [2.05, 4.69) is 27.9 Å². The van der Waals surface area contributed by atoms with Gasteiger partial charge in [-0.25, -0.2) is 4.98 Å². The number of hydrogen-bond donors (Lipinski definition) is 3. The minimum absolute atomic E-state index is 0.00650. The number of benzene rings is 1. The second-order valence-electron chi connectivity index (χ2n) is 10.7. The molecule has 0 unspecified atom stereocenters. The number of anilines is 2. The van der Waals surface area contributed by atoms with Crippen molar-refractivity contribution in [2.24, 2.45) is 5.41 Å². The molecule has 2 aliphatic heterocycles. The molecule has 0 aliphatic carbocycles. The van der Waals surface area contributed by atoms with Crippen molar-refractivity contribution in [1.82, 2.24) is 15.2 Å². The Balaban J connectivity index is 1.50. The lowest BCUT2D eigenvalue weighted by Crippen LogP contribution is -2.55. The summed E-state index contributed by atoms with van der Waals surface area (Å²) in [5.41, 5.74) is 2.88. The number of piperidine rings is 1. The van der Waals surface area contributed by atoms with Gasteiger partial charge in [0.15, 0.2) is 0 Å². The Morgan fingerprint density at radius 1 is 1.11 bits per heavy atom. The van der Waals surface area contributed by atoms with Crippen LogP contribution in [0.3, 0.4) is 0 Å². The summed E-state index contributed by atoms with van der Waals surface area (Å²) < 4.78 is 0. The van der Waals surface area contributed by atoms with Crippen LogP contribution in [0.5, 0.6) is 0 Å². The normalized spacial score (nSPS) is 19.9. The SMILES string of the molecule is C[C@@H]1CC[C@H](N(CC(=O)Nc2ccc3c(c2)CC(=O)Nc2ncccc2C3)C(=O)C(C)(C)C)CN1. The van der Waals surface area contributed by atoms with Crippen LogP contribution in [0.25, 0.3) is 0 Å². The van der Waals surface area contributed by atoms with Crippen LogP contribution in [-0.2, 0) is 27.2 Å². The zero-order valence-corrected chi connectivity index (χ0v) is 21.0. The van der Waals surface area contributed by atoms with E-state index in [0.29, 0.717) is 30.5 Å². The average Bonchev–Trinajstić information content (AvgIpc) is 2.79. The third-order valence-electron chi connectivity index (χ3n) is 6.66. The molecule has 1 aromatic heterocycles. The van der Waals surface area contributed by atoms with Crippen LogP contribution < -0.4 is 16.0 Å². The van der Waals surface area contributed by atoms with Gasteiger partial charge in [-0.3, -0.25) is 14.4 Å². The van der Waals surface area contributed by atoms with Crippen LogP contribution in [0.1, 0.15) is 57.2 Å². The summed E-state index contributed by atoms with van der Waals surface area (Å²) in [6.45, 7) is 8.45. The predicted octanol–water partition coefficient (Wildman–Crippen LogP) is 3.12. The Labute approximate surface area is 206 Å². The number of hydrogen-bond acceptors (Lipinski definition) is 5. The molecule has 3 heterocycles. The monoisotopic (exact) mass is 477 g/mol. The van der Waals surface area contributed by atoms with Crippen molar-refractivity contribution in [3.63, 3.8) is 0 Å². The summed E-state index contributed by atoms with van der Waals surface area (Å²) in [5, 5.41) is 9.25. The Bertz CT molecular complexity index is 1120. The fraction of sp³-hybridized carbons (Fsp3) is 0.481. The first-order valence-electron chi connectivity index (χ1n) is 12.3. The highest BCUT2D eigenvalue weighted by atomic mass is 16.2. The van der Waals surface area contributed by atoms with Crippen LogP contribution in [0, 0.1) is 5.41 Å². The highest BCUT2D eigenvalue weighted by Gasteiger charge is 2.34. The Hall–Kier alpha value is -3.26. The first kappa shape index (κ1) is 24.9. The molecule has 0 saturated carbocycles. The fourth-order valence-electron chi connectivity index (χ4n) is 4.69. The maximum absolute atomic E-state index is 13.2. The third-order valence-corrected chi connectivity index (χ3v) is 6.66. The number of pyridine rings is 1. The van der Waals surface area contributed by atoms with Gasteiger partial charge < -0.3 is 20.9 Å². The summed E-state index contributed by atoms with van der Waals surface area (Å²) in [6, 6.07) is 9.86. The number of nitrogens with one attached hydrogen (secondary N) is 3. The molecule has 3 amide bonds. The molecule has 1 fully saturated rings. The summed E-state index contributed by atoms with van der Waals surface area (Å²) in [7, 11) is 0. The summed E-state index contributed by atoms with van der Waals surface area (Å²) >= 11 is 0. The first-order chi connectivity index (χ1) is 16.6. The van der Waals surface area contributed by atoms with E-state index in [0.717, 1.165) is 29.5 Å². The number of rotatable bonds is 4. The van der Waals surface area contributed by atoms with Crippen molar-refractivity contribution in [3.8, 4) is 0 Å². The van der Waals surface area contributed by atoms with Crippen LogP contribution in [-0.4, -0.2) is 52.8 Å². The summed E-state index contributed by atoms with van der Waals surface area (Å²) in [6.07, 6.45) is 4.35. The highest BCUT2D eigenvalue weighted by molar-refractivity contribution is 5.96. The smallest absolute Gasteiger partial charge is 0.244 e. The number of amides is 3. The summed E-state index contributed by atoms with van der Waals surface area (Å²) in [4.78, 5) is 44.8. The van der Waals surface area contributed by atoms with Crippen molar-refractivity contribution in [3.05, 3.63) is 53.2 Å². The van der Waals surface area contributed by atoms with E-state index < -0.39 is 5.41 Å². The van der Waals surface area contributed by atoms with E-state index in [1.54, 1.807) is 11.1 Å². The van der Waals surface area contributed by atoms with Gasteiger partial charge in [-0.15, -0.1) is 0 Å². The molecule has 0 spiro atoms. The van der Waals surface area contributed by atoms with Gasteiger partial charge in [0.05, 0.1) is 6.42 Å². The van der Waals surface area contributed by atoms with E-state index in [1.165, 1.54) is 0 Å². The molecule has 0 bridgehead atoms. The highest BCUT2D eigenvalue weighted by Crippen LogP contribution is 2.26. The minimum atomic E-state index is -0.579. The third kappa shape index (κ3) is 6.06. The van der Waals surface area contributed by atoms with Crippen molar-refractivity contribution >= 4 is 29.2 Å². The van der Waals surface area contributed by atoms with Gasteiger partial charge in [0, 0.05) is 42.3 Å². The maximum Gasteiger partial charge on any atom is 0.244 e. The lowest BCUT2D eigenvalue weighted by atomic mass is 9.92. The van der Waals surface area contributed by atoms with Gasteiger partial charge in [0.1, 0.15) is 12.4 Å². The Morgan fingerprint density at radius 2 is 1.91 bits per heavy atom. The molecular weight excluding hydrogens is 442 g/mol. The zero-order valence-electron chi connectivity index (χ0n) is 21.0.